The van der Waals surface area contributed by atoms with Crippen LogP contribution in [0.25, 0.3) is 0 Å². The molecule has 0 spiro atoms. The fraction of sp³-hybridized carbons (Fsp3) is 0.417. The van der Waals surface area contributed by atoms with Gasteiger partial charge in [0, 0.05) is 12.4 Å². The van der Waals surface area contributed by atoms with E-state index in [-0.39, 0.29) is 0 Å². The summed E-state index contributed by atoms with van der Waals surface area (Å²) in [6.07, 6.45) is 5.35. The number of aliphatic carboxylic acids is 1. The normalized spacial score (nSPS) is 11.8. The molecule has 1 rings (SSSR count). The Hall–Kier alpha value is -1.89. The standard InChI is InChI=1S/C12H14N2O2/c1-2-3-4-11(12(15)16)10-5-9(6-13)7-14-8-10/h5,7-8,11H,2-4H2,1H3,(H,15,16). The van der Waals surface area contributed by atoms with E-state index in [0.717, 1.165) is 12.8 Å². The van der Waals surface area contributed by atoms with Gasteiger partial charge in [0.05, 0.1) is 11.5 Å². The average Bonchev–Trinajstić information content (AvgIpc) is 2.29. The molecule has 1 aromatic rings. The number of hydrogen-bond donors (Lipinski definition) is 1. The highest BCUT2D eigenvalue weighted by molar-refractivity contribution is 5.76. The van der Waals surface area contributed by atoms with Crippen molar-refractivity contribution in [1.29, 1.82) is 5.26 Å². The molecule has 0 saturated heterocycles. The SMILES string of the molecule is CCCCC(C(=O)O)c1cncc(C#N)c1. The van der Waals surface area contributed by atoms with Crippen LogP contribution in [0.3, 0.4) is 0 Å². The summed E-state index contributed by atoms with van der Waals surface area (Å²) in [7, 11) is 0. The molecule has 1 N–H and O–H groups in total. The van der Waals surface area contributed by atoms with Gasteiger partial charge in [0.25, 0.3) is 0 Å². The lowest BCUT2D eigenvalue weighted by molar-refractivity contribution is -0.139. The van der Waals surface area contributed by atoms with E-state index in [1.807, 2.05) is 13.0 Å². The molecular weight excluding hydrogens is 204 g/mol. The summed E-state index contributed by atoms with van der Waals surface area (Å²) >= 11 is 0. The molecule has 0 fully saturated rings. The lowest BCUT2D eigenvalue weighted by Gasteiger charge is -2.11. The molecule has 1 aromatic heterocycles. The molecule has 1 unspecified atom stereocenters. The van der Waals surface area contributed by atoms with Crippen LogP contribution in [0.2, 0.25) is 0 Å². The highest BCUT2D eigenvalue weighted by Crippen LogP contribution is 2.22. The third kappa shape index (κ3) is 3.06. The molecule has 0 aromatic carbocycles. The number of carboxylic acids is 1. The van der Waals surface area contributed by atoms with Gasteiger partial charge in [-0.1, -0.05) is 19.8 Å². The first kappa shape index (κ1) is 12.2. The first-order valence-corrected chi connectivity index (χ1v) is 5.27. The van der Waals surface area contributed by atoms with Gasteiger partial charge in [-0.15, -0.1) is 0 Å². The monoisotopic (exact) mass is 218 g/mol. The summed E-state index contributed by atoms with van der Waals surface area (Å²) in [6, 6.07) is 3.56. The molecule has 0 aliphatic carbocycles. The zero-order chi connectivity index (χ0) is 12.0. The van der Waals surface area contributed by atoms with Crippen LogP contribution in [0.4, 0.5) is 0 Å². The number of nitriles is 1. The van der Waals surface area contributed by atoms with Crippen molar-refractivity contribution in [2.75, 3.05) is 0 Å². The Bertz CT molecular complexity index is 410. The van der Waals surface area contributed by atoms with Crippen LogP contribution in [0.5, 0.6) is 0 Å². The van der Waals surface area contributed by atoms with E-state index in [4.69, 9.17) is 10.4 Å². The molecule has 0 radical (unpaired) electrons. The molecule has 0 aliphatic heterocycles. The fourth-order valence-corrected chi connectivity index (χ4v) is 1.55. The maximum atomic E-state index is 11.1. The predicted molar refractivity (Wildman–Crippen MR) is 58.9 cm³/mol. The largest absolute Gasteiger partial charge is 0.481 e. The number of carboxylic acid groups (broad SMARTS) is 1. The van der Waals surface area contributed by atoms with Crippen LogP contribution in [0.1, 0.15) is 43.2 Å². The minimum absolute atomic E-state index is 0.403. The van der Waals surface area contributed by atoms with Crippen molar-refractivity contribution in [3.8, 4) is 6.07 Å². The van der Waals surface area contributed by atoms with E-state index >= 15 is 0 Å². The van der Waals surface area contributed by atoms with Crippen molar-refractivity contribution in [3.05, 3.63) is 29.6 Å². The third-order valence-electron chi connectivity index (χ3n) is 2.44. The number of hydrogen-bond acceptors (Lipinski definition) is 3. The fourth-order valence-electron chi connectivity index (χ4n) is 1.55. The van der Waals surface area contributed by atoms with Gasteiger partial charge in [0.15, 0.2) is 0 Å². The zero-order valence-electron chi connectivity index (χ0n) is 9.18. The van der Waals surface area contributed by atoms with Gasteiger partial charge in [0.1, 0.15) is 6.07 Å². The second-order valence-electron chi connectivity index (χ2n) is 3.65. The minimum Gasteiger partial charge on any atom is -0.481 e. The van der Waals surface area contributed by atoms with Gasteiger partial charge in [-0.25, -0.2) is 0 Å². The Balaban J connectivity index is 2.92. The van der Waals surface area contributed by atoms with Crippen LogP contribution in [-0.2, 0) is 4.79 Å². The van der Waals surface area contributed by atoms with E-state index in [2.05, 4.69) is 4.98 Å². The summed E-state index contributed by atoms with van der Waals surface area (Å²) in [6.45, 7) is 2.02. The van der Waals surface area contributed by atoms with Crippen LogP contribution in [0, 0.1) is 11.3 Å². The Morgan fingerprint density at radius 3 is 2.94 bits per heavy atom. The summed E-state index contributed by atoms with van der Waals surface area (Å²) in [5.41, 5.74) is 1.01. The maximum absolute atomic E-state index is 11.1. The predicted octanol–water partition coefficient (Wildman–Crippen LogP) is 2.31. The average molecular weight is 218 g/mol. The van der Waals surface area contributed by atoms with Gasteiger partial charge >= 0.3 is 5.97 Å². The van der Waals surface area contributed by atoms with Gasteiger partial charge in [-0.3, -0.25) is 9.78 Å². The van der Waals surface area contributed by atoms with Gasteiger partial charge in [0.2, 0.25) is 0 Å². The summed E-state index contributed by atoms with van der Waals surface area (Å²) in [5, 5.41) is 17.8. The van der Waals surface area contributed by atoms with Crippen molar-refractivity contribution in [3.63, 3.8) is 0 Å². The van der Waals surface area contributed by atoms with Crippen LogP contribution in [0.15, 0.2) is 18.5 Å². The zero-order valence-corrected chi connectivity index (χ0v) is 9.18. The number of carbonyl (C=O) groups is 1. The van der Waals surface area contributed by atoms with Gasteiger partial charge in [-0.05, 0) is 18.1 Å². The number of aromatic nitrogens is 1. The van der Waals surface area contributed by atoms with Gasteiger partial charge < -0.3 is 5.11 Å². The van der Waals surface area contributed by atoms with E-state index < -0.39 is 11.9 Å². The van der Waals surface area contributed by atoms with E-state index in [1.165, 1.54) is 12.4 Å². The second kappa shape index (κ2) is 5.86. The third-order valence-corrected chi connectivity index (χ3v) is 2.44. The van der Waals surface area contributed by atoms with Gasteiger partial charge in [-0.2, -0.15) is 5.26 Å². The first-order valence-electron chi connectivity index (χ1n) is 5.27. The molecule has 0 saturated carbocycles. The van der Waals surface area contributed by atoms with Crippen molar-refractivity contribution >= 4 is 5.97 Å². The summed E-state index contributed by atoms with van der Waals surface area (Å²) < 4.78 is 0. The molecule has 1 heterocycles. The molecule has 84 valence electrons. The molecule has 1 atom stereocenters. The molecule has 0 aliphatic rings. The van der Waals surface area contributed by atoms with Crippen LogP contribution >= 0.6 is 0 Å². The maximum Gasteiger partial charge on any atom is 0.311 e. The van der Waals surface area contributed by atoms with Crippen molar-refractivity contribution in [1.82, 2.24) is 4.98 Å². The molecule has 16 heavy (non-hydrogen) atoms. The second-order valence-corrected chi connectivity index (χ2v) is 3.65. The van der Waals surface area contributed by atoms with E-state index in [1.54, 1.807) is 6.07 Å². The smallest absolute Gasteiger partial charge is 0.311 e. The number of nitrogens with zero attached hydrogens (tertiary/aromatic N) is 2. The number of unbranched alkanes of at least 4 members (excludes halogenated alkanes) is 1. The Morgan fingerprint density at radius 1 is 1.62 bits per heavy atom. The minimum atomic E-state index is -0.856. The number of rotatable bonds is 5. The molecule has 0 bridgehead atoms. The lowest BCUT2D eigenvalue weighted by Crippen LogP contribution is -2.12. The Labute approximate surface area is 94.6 Å². The Kier molecular flexibility index (Phi) is 4.46. The Morgan fingerprint density at radius 2 is 2.38 bits per heavy atom. The lowest BCUT2D eigenvalue weighted by atomic mass is 9.94. The van der Waals surface area contributed by atoms with Crippen molar-refractivity contribution in [2.24, 2.45) is 0 Å². The molecule has 0 amide bonds. The van der Waals surface area contributed by atoms with E-state index in [9.17, 15) is 4.79 Å². The topological polar surface area (TPSA) is 74.0 Å². The molecule has 4 heteroatoms. The highest BCUT2D eigenvalue weighted by atomic mass is 16.4. The number of pyridine rings is 1. The quantitative estimate of drug-likeness (QED) is 0.822. The molecule has 4 nitrogen and oxygen atoms in total. The molecular formula is C12H14N2O2. The summed E-state index contributed by atoms with van der Waals surface area (Å²) in [5.74, 6) is -1.41. The van der Waals surface area contributed by atoms with Crippen LogP contribution < -0.4 is 0 Å². The van der Waals surface area contributed by atoms with Crippen molar-refractivity contribution in [2.45, 2.75) is 32.1 Å². The first-order chi connectivity index (χ1) is 7.69. The van der Waals surface area contributed by atoms with Crippen LogP contribution in [-0.4, -0.2) is 16.1 Å². The van der Waals surface area contributed by atoms with E-state index in [0.29, 0.717) is 17.5 Å². The summed E-state index contributed by atoms with van der Waals surface area (Å²) in [4.78, 5) is 15.0. The van der Waals surface area contributed by atoms with Crippen molar-refractivity contribution < 1.29 is 9.90 Å². The highest BCUT2D eigenvalue weighted by Gasteiger charge is 2.19.